The van der Waals surface area contributed by atoms with Gasteiger partial charge in [0, 0.05) is 10.2 Å². The Kier molecular flexibility index (Phi) is 8.41. The molecule has 0 aliphatic rings. The first-order valence-electron chi connectivity index (χ1n) is 13.1. The second-order valence-electron chi connectivity index (χ2n) is 10.7. The van der Waals surface area contributed by atoms with Crippen LogP contribution >= 0.6 is 26.0 Å². The van der Waals surface area contributed by atoms with Gasteiger partial charge < -0.3 is 15.2 Å². The first-order valence-corrected chi connectivity index (χ1v) is 16.9. The van der Waals surface area contributed by atoms with Gasteiger partial charge in [-0.25, -0.2) is 19.7 Å². The number of halogens is 1. The highest BCUT2D eigenvalue weighted by Crippen LogP contribution is 2.34. The number of ether oxygens (including phenoxy) is 2. The molecule has 3 aromatic carbocycles. The van der Waals surface area contributed by atoms with Gasteiger partial charge in [0.1, 0.15) is 24.0 Å². The second kappa shape index (κ2) is 12.0. The Labute approximate surface area is 254 Å². The number of hydrogen-bond acceptors (Lipinski definition) is 7. The minimum atomic E-state index is -0.707. The van der Waals surface area contributed by atoms with Crippen LogP contribution in [0, 0.1) is 18.3 Å². The summed E-state index contributed by atoms with van der Waals surface area (Å²) in [4.78, 5) is 18.5. The summed E-state index contributed by atoms with van der Waals surface area (Å²) in [6.07, 6.45) is 8.20. The molecule has 216 valence electrons. The van der Waals surface area contributed by atoms with Crippen molar-refractivity contribution in [3.05, 3.63) is 93.8 Å². The van der Waals surface area contributed by atoms with Crippen LogP contribution in [0.25, 0.3) is 16.7 Å². The largest absolute Gasteiger partial charge is 0.457 e. The number of imidazole rings is 1. The first-order chi connectivity index (χ1) is 20.0. The van der Waals surface area contributed by atoms with Crippen molar-refractivity contribution in [1.82, 2.24) is 19.3 Å². The van der Waals surface area contributed by atoms with Gasteiger partial charge >= 0.3 is 0 Å². The van der Waals surface area contributed by atoms with E-state index in [0.29, 0.717) is 34.9 Å². The Morgan fingerprint density at radius 1 is 1.10 bits per heavy atom. The molecule has 0 spiro atoms. The number of nitrogens with two attached hydrogens (primary N) is 1. The molecule has 0 saturated carbocycles. The standard InChI is InChI=1S/C31H31BrN6O3S/c1-20-14-24(41-23-7-5-6-21(15-23)17-33)9-11-27(20)38-30(34)25(18-35-38)29(39)31-36-26-16-22(32)8-10-28(26)37(31)19-40-12-13-42(2,3)4/h5-11,14-16,18H,12-13,19,34H2,1-4H3. The molecule has 0 bridgehead atoms. The minimum Gasteiger partial charge on any atom is -0.457 e. The maximum absolute atomic E-state index is 13.9. The van der Waals surface area contributed by atoms with E-state index < -0.39 is 10.0 Å². The van der Waals surface area contributed by atoms with E-state index >= 15 is 0 Å². The molecule has 0 unspecified atom stereocenters. The quantitative estimate of drug-likeness (QED) is 0.137. The van der Waals surface area contributed by atoms with Gasteiger partial charge in [0.2, 0.25) is 5.78 Å². The summed E-state index contributed by atoms with van der Waals surface area (Å²) in [6, 6.07) is 20.2. The zero-order chi connectivity index (χ0) is 30.0. The molecule has 42 heavy (non-hydrogen) atoms. The SMILES string of the molecule is Cc1cc(Oc2cccc(C#N)c2)ccc1-n1ncc(C(=O)c2nc3cc(Br)ccc3n2COCCS(C)(C)C)c1N. The lowest BCUT2D eigenvalue weighted by atomic mass is 10.1. The molecule has 0 radical (unpaired) electrons. The van der Waals surface area contributed by atoms with Crippen LogP contribution in [-0.2, 0) is 11.5 Å². The number of aryl methyl sites for hydroxylation is 1. The van der Waals surface area contributed by atoms with Crippen molar-refractivity contribution in [1.29, 1.82) is 5.26 Å². The van der Waals surface area contributed by atoms with E-state index in [-0.39, 0.29) is 29.7 Å². The van der Waals surface area contributed by atoms with Gasteiger partial charge in [0.25, 0.3) is 0 Å². The lowest BCUT2D eigenvalue weighted by Gasteiger charge is -2.24. The van der Waals surface area contributed by atoms with Crippen LogP contribution in [0.15, 0.2) is 71.3 Å². The molecule has 0 saturated heterocycles. The number of hydrogen-bond donors (Lipinski definition) is 1. The molecular formula is C31H31BrN6O3S. The molecule has 2 N–H and O–H groups in total. The topological polar surface area (TPSA) is 121 Å². The Hall–Kier alpha value is -4.11. The Balaban J connectivity index is 1.42. The summed E-state index contributed by atoms with van der Waals surface area (Å²) >= 11 is 3.49. The molecule has 2 aromatic heterocycles. The number of nitrogen functional groups attached to an aromatic ring is 1. The van der Waals surface area contributed by atoms with E-state index in [0.717, 1.165) is 21.3 Å². The number of anilines is 1. The zero-order valence-corrected chi connectivity index (χ0v) is 26.2. The Bertz CT molecular complexity index is 1830. The van der Waals surface area contributed by atoms with Gasteiger partial charge in [-0.15, -0.1) is 0 Å². The molecule has 0 atom stereocenters. The van der Waals surface area contributed by atoms with Crippen molar-refractivity contribution < 1.29 is 14.3 Å². The average molecular weight is 648 g/mol. The van der Waals surface area contributed by atoms with Crippen molar-refractivity contribution in [2.24, 2.45) is 0 Å². The van der Waals surface area contributed by atoms with Gasteiger partial charge in [-0.2, -0.15) is 10.4 Å². The monoisotopic (exact) mass is 646 g/mol. The minimum absolute atomic E-state index is 0.195. The van der Waals surface area contributed by atoms with Crippen LogP contribution in [0.5, 0.6) is 11.5 Å². The van der Waals surface area contributed by atoms with Crippen molar-refractivity contribution in [3.63, 3.8) is 0 Å². The van der Waals surface area contributed by atoms with E-state index in [4.69, 9.17) is 20.5 Å². The van der Waals surface area contributed by atoms with E-state index in [1.807, 2.05) is 37.3 Å². The van der Waals surface area contributed by atoms with Crippen molar-refractivity contribution in [2.45, 2.75) is 13.7 Å². The molecule has 5 rings (SSSR count). The predicted molar refractivity (Wildman–Crippen MR) is 171 cm³/mol. The fourth-order valence-electron chi connectivity index (χ4n) is 4.41. The molecule has 9 nitrogen and oxygen atoms in total. The van der Waals surface area contributed by atoms with Crippen LogP contribution in [0.2, 0.25) is 0 Å². The normalized spacial score (nSPS) is 11.9. The highest BCUT2D eigenvalue weighted by molar-refractivity contribution is 9.10. The highest BCUT2D eigenvalue weighted by Gasteiger charge is 2.25. The third kappa shape index (κ3) is 6.36. The maximum atomic E-state index is 13.9. The summed E-state index contributed by atoms with van der Waals surface area (Å²) < 4.78 is 16.1. The smallest absolute Gasteiger partial charge is 0.233 e. The molecule has 11 heteroatoms. The number of rotatable bonds is 10. The van der Waals surface area contributed by atoms with E-state index in [9.17, 15) is 4.79 Å². The third-order valence-electron chi connectivity index (χ3n) is 6.62. The summed E-state index contributed by atoms with van der Waals surface area (Å²) in [5, 5.41) is 13.6. The van der Waals surface area contributed by atoms with Crippen LogP contribution in [0.1, 0.15) is 27.3 Å². The van der Waals surface area contributed by atoms with Crippen molar-refractivity contribution in [3.8, 4) is 23.3 Å². The number of carbonyl (C=O) groups is 1. The first kappa shape index (κ1) is 29.4. The number of benzene rings is 3. The molecule has 0 aliphatic carbocycles. The molecule has 0 amide bonds. The molecule has 0 aliphatic heterocycles. The zero-order valence-electron chi connectivity index (χ0n) is 23.8. The van der Waals surface area contributed by atoms with Crippen molar-refractivity contribution in [2.75, 3.05) is 36.9 Å². The molecular weight excluding hydrogens is 616 g/mol. The number of carbonyl (C=O) groups excluding carboxylic acids is 1. The van der Waals surface area contributed by atoms with Crippen LogP contribution in [0.4, 0.5) is 5.82 Å². The number of nitriles is 1. The Morgan fingerprint density at radius 3 is 2.62 bits per heavy atom. The maximum Gasteiger partial charge on any atom is 0.233 e. The van der Waals surface area contributed by atoms with Crippen LogP contribution < -0.4 is 10.5 Å². The summed E-state index contributed by atoms with van der Waals surface area (Å²) in [5.41, 5.74) is 10.3. The number of fused-ring (bicyclic) bond motifs is 1. The molecule has 5 aromatic rings. The van der Waals surface area contributed by atoms with Gasteiger partial charge in [-0.1, -0.05) is 22.0 Å². The molecule has 2 heterocycles. The third-order valence-corrected chi connectivity index (χ3v) is 8.50. The van der Waals surface area contributed by atoms with Gasteiger partial charge in [0.15, 0.2) is 5.82 Å². The lowest BCUT2D eigenvalue weighted by molar-refractivity contribution is 0.0852. The average Bonchev–Trinajstić information content (AvgIpc) is 3.50. The fraction of sp³-hybridized carbons (Fsp3) is 0.226. The number of aromatic nitrogens is 4. The van der Waals surface area contributed by atoms with Crippen LogP contribution in [-0.4, -0.2) is 56.2 Å². The summed E-state index contributed by atoms with van der Waals surface area (Å²) in [7, 11) is -0.707. The lowest BCUT2D eigenvalue weighted by Crippen LogP contribution is -2.16. The van der Waals surface area contributed by atoms with E-state index in [2.05, 4.69) is 50.8 Å². The van der Waals surface area contributed by atoms with Gasteiger partial charge in [-0.05, 0) is 85.9 Å². The van der Waals surface area contributed by atoms with Crippen LogP contribution in [0.3, 0.4) is 0 Å². The number of ketones is 1. The number of nitrogens with zero attached hydrogens (tertiary/aromatic N) is 5. The second-order valence-corrected chi connectivity index (χ2v) is 16.2. The molecule has 0 fully saturated rings. The highest BCUT2D eigenvalue weighted by atomic mass is 79.9. The van der Waals surface area contributed by atoms with Gasteiger partial charge in [-0.3, -0.25) is 9.36 Å². The fourth-order valence-corrected chi connectivity index (χ4v) is 5.38. The predicted octanol–water partition coefficient (Wildman–Crippen LogP) is 6.44. The van der Waals surface area contributed by atoms with Crippen molar-refractivity contribution >= 4 is 48.6 Å². The van der Waals surface area contributed by atoms with Gasteiger partial charge in [0.05, 0.1) is 46.7 Å². The summed E-state index contributed by atoms with van der Waals surface area (Å²) in [5.74, 6) is 2.22. The van der Waals surface area contributed by atoms with E-state index in [1.165, 1.54) is 10.9 Å². The van der Waals surface area contributed by atoms with E-state index in [1.54, 1.807) is 34.9 Å². The Morgan fingerprint density at radius 2 is 1.88 bits per heavy atom. The summed E-state index contributed by atoms with van der Waals surface area (Å²) in [6.45, 7) is 2.69.